The van der Waals surface area contributed by atoms with Gasteiger partial charge in [0.1, 0.15) is 6.61 Å². The molecule has 0 spiro atoms. The largest absolute Gasteiger partial charge is 0.481 e. The molecule has 150 valence electrons. The molecule has 0 aromatic heterocycles. The van der Waals surface area contributed by atoms with Crippen LogP contribution in [0.2, 0.25) is 0 Å². The Balaban J connectivity index is 2.40. The molecule has 5 nitrogen and oxygen atoms in total. The Hall–Kier alpha value is -2.14. The smallest absolute Gasteiger partial charge is 0.303 e. The minimum Gasteiger partial charge on any atom is -0.481 e. The zero-order chi connectivity index (χ0) is 19.7. The number of carbonyl (C=O) groups excluding carboxylic acids is 1. The van der Waals surface area contributed by atoms with Crippen molar-refractivity contribution < 1.29 is 19.5 Å². The molecule has 27 heavy (non-hydrogen) atoms. The fourth-order valence-corrected chi connectivity index (χ4v) is 2.65. The molecule has 0 aliphatic rings. The molecule has 0 fully saturated rings. The van der Waals surface area contributed by atoms with Gasteiger partial charge in [0.2, 0.25) is 0 Å². The second kappa shape index (κ2) is 15.0. The zero-order valence-electron chi connectivity index (χ0n) is 16.4. The van der Waals surface area contributed by atoms with E-state index in [0.29, 0.717) is 6.42 Å². The van der Waals surface area contributed by atoms with Crippen LogP contribution >= 0.6 is 0 Å². The molecule has 1 aromatic carbocycles. The Labute approximate surface area is 163 Å². The van der Waals surface area contributed by atoms with E-state index in [2.05, 4.69) is 6.92 Å². The highest BCUT2D eigenvalue weighted by Crippen LogP contribution is 2.09. The van der Waals surface area contributed by atoms with E-state index >= 15 is 0 Å². The second-order valence-electron chi connectivity index (χ2n) is 6.66. The van der Waals surface area contributed by atoms with E-state index in [9.17, 15) is 9.59 Å². The number of benzene rings is 1. The molecule has 0 bridgehead atoms. The maximum atomic E-state index is 12.4. The second-order valence-corrected chi connectivity index (χ2v) is 6.66. The van der Waals surface area contributed by atoms with Gasteiger partial charge in [-0.2, -0.15) is 0 Å². The third kappa shape index (κ3) is 12.0. The van der Waals surface area contributed by atoms with Gasteiger partial charge in [0, 0.05) is 19.0 Å². The Morgan fingerprint density at radius 1 is 1.04 bits per heavy atom. The van der Waals surface area contributed by atoms with E-state index in [4.69, 9.17) is 9.94 Å². The number of carboxylic acid groups (broad SMARTS) is 1. The number of hydrogen-bond acceptors (Lipinski definition) is 3. The number of hydrogen-bond donors (Lipinski definition) is 1. The number of unbranched alkanes of at least 4 members (excludes halogenated alkanes) is 6. The van der Waals surface area contributed by atoms with Crippen molar-refractivity contribution in [2.75, 3.05) is 6.54 Å². The van der Waals surface area contributed by atoms with Gasteiger partial charge in [-0.25, -0.2) is 5.06 Å². The van der Waals surface area contributed by atoms with Crippen LogP contribution in [0.5, 0.6) is 0 Å². The van der Waals surface area contributed by atoms with Gasteiger partial charge in [0.15, 0.2) is 0 Å². The summed E-state index contributed by atoms with van der Waals surface area (Å²) >= 11 is 0. The summed E-state index contributed by atoms with van der Waals surface area (Å²) in [5, 5.41) is 10.1. The Morgan fingerprint density at radius 3 is 2.44 bits per heavy atom. The van der Waals surface area contributed by atoms with Crippen LogP contribution in [-0.4, -0.2) is 28.6 Å². The highest BCUT2D eigenvalue weighted by Gasteiger charge is 2.12. The first-order chi connectivity index (χ1) is 13.1. The van der Waals surface area contributed by atoms with E-state index in [-0.39, 0.29) is 25.5 Å². The van der Waals surface area contributed by atoms with Crippen molar-refractivity contribution in [2.24, 2.45) is 0 Å². The summed E-state index contributed by atoms with van der Waals surface area (Å²) in [7, 11) is 0. The predicted octanol–water partition coefficient (Wildman–Crippen LogP) is 5.12. The quantitative estimate of drug-likeness (QED) is 0.262. The van der Waals surface area contributed by atoms with Crippen molar-refractivity contribution in [2.45, 2.75) is 71.3 Å². The van der Waals surface area contributed by atoms with Gasteiger partial charge >= 0.3 is 5.97 Å². The van der Waals surface area contributed by atoms with Gasteiger partial charge in [-0.3, -0.25) is 14.4 Å². The molecule has 1 rings (SSSR count). The van der Waals surface area contributed by atoms with Crippen LogP contribution in [0.3, 0.4) is 0 Å². The van der Waals surface area contributed by atoms with Crippen molar-refractivity contribution in [1.29, 1.82) is 0 Å². The van der Waals surface area contributed by atoms with Gasteiger partial charge in [0.05, 0.1) is 0 Å². The fraction of sp³-hybridized carbons (Fsp3) is 0.545. The topological polar surface area (TPSA) is 66.8 Å². The van der Waals surface area contributed by atoms with Crippen molar-refractivity contribution in [3.8, 4) is 0 Å². The molecule has 0 atom stereocenters. The SMILES string of the molecule is CCCCCCCC/C=C/C(=O)N(CCCC(=O)O)OCc1ccccc1. The van der Waals surface area contributed by atoms with Crippen LogP contribution in [-0.2, 0) is 21.0 Å². The molecule has 0 saturated carbocycles. The minimum atomic E-state index is -0.871. The number of nitrogens with zero attached hydrogens (tertiary/aromatic N) is 1. The van der Waals surface area contributed by atoms with E-state index in [1.54, 1.807) is 0 Å². The lowest BCUT2D eigenvalue weighted by molar-refractivity contribution is -0.186. The Bertz CT molecular complexity index is 557. The van der Waals surface area contributed by atoms with E-state index in [1.165, 1.54) is 43.2 Å². The number of amides is 1. The molecule has 1 aromatic rings. The van der Waals surface area contributed by atoms with Crippen LogP contribution in [0.1, 0.15) is 70.3 Å². The monoisotopic (exact) mass is 375 g/mol. The molecular formula is C22H33NO4. The lowest BCUT2D eigenvalue weighted by Crippen LogP contribution is -2.31. The number of hydroxylamine groups is 2. The molecule has 5 heteroatoms. The first kappa shape index (κ1) is 22.9. The molecule has 0 saturated heterocycles. The van der Waals surface area contributed by atoms with Gasteiger partial charge in [-0.05, 0) is 24.8 Å². The third-order valence-corrected chi connectivity index (χ3v) is 4.21. The first-order valence-corrected chi connectivity index (χ1v) is 10.00. The van der Waals surface area contributed by atoms with Gasteiger partial charge in [-0.1, -0.05) is 75.4 Å². The van der Waals surface area contributed by atoms with E-state index < -0.39 is 5.97 Å². The molecular weight excluding hydrogens is 342 g/mol. The maximum absolute atomic E-state index is 12.4. The molecule has 0 radical (unpaired) electrons. The first-order valence-electron chi connectivity index (χ1n) is 10.00. The molecule has 0 unspecified atom stereocenters. The average Bonchev–Trinajstić information content (AvgIpc) is 2.67. The number of carboxylic acids is 1. The normalized spacial score (nSPS) is 11.0. The van der Waals surface area contributed by atoms with Crippen molar-refractivity contribution in [1.82, 2.24) is 5.06 Å². The summed E-state index contributed by atoms with van der Waals surface area (Å²) in [4.78, 5) is 28.7. The minimum absolute atomic E-state index is 0.0138. The lowest BCUT2D eigenvalue weighted by Gasteiger charge is -2.20. The molecule has 0 aliphatic heterocycles. The highest BCUT2D eigenvalue weighted by molar-refractivity contribution is 5.86. The predicted molar refractivity (Wildman–Crippen MR) is 107 cm³/mol. The zero-order valence-corrected chi connectivity index (χ0v) is 16.4. The van der Waals surface area contributed by atoms with E-state index in [0.717, 1.165) is 18.4 Å². The molecule has 0 heterocycles. The summed E-state index contributed by atoms with van der Waals surface area (Å²) < 4.78 is 0. The Kier molecular flexibility index (Phi) is 12.7. The average molecular weight is 376 g/mol. The van der Waals surface area contributed by atoms with Crippen LogP contribution in [0, 0.1) is 0 Å². The Morgan fingerprint density at radius 2 is 1.74 bits per heavy atom. The number of carbonyl (C=O) groups is 2. The van der Waals surface area contributed by atoms with Crippen LogP contribution in [0.15, 0.2) is 42.5 Å². The van der Waals surface area contributed by atoms with Crippen LogP contribution in [0.4, 0.5) is 0 Å². The van der Waals surface area contributed by atoms with Crippen molar-refractivity contribution >= 4 is 11.9 Å². The van der Waals surface area contributed by atoms with Gasteiger partial charge in [-0.15, -0.1) is 0 Å². The molecule has 0 aliphatic carbocycles. The fourth-order valence-electron chi connectivity index (χ4n) is 2.65. The molecule has 1 N–H and O–H groups in total. The summed E-state index contributed by atoms with van der Waals surface area (Å²) in [6.07, 6.45) is 12.0. The standard InChI is InChI=1S/C22H33NO4/c1-2-3-4-5-6-7-8-12-16-21(24)23(18-13-17-22(25)26)27-19-20-14-10-9-11-15-20/h9-12,14-16H,2-8,13,17-19H2,1H3,(H,25,26)/b16-12+. The highest BCUT2D eigenvalue weighted by atomic mass is 16.7. The van der Waals surface area contributed by atoms with E-state index in [1.807, 2.05) is 36.4 Å². The summed E-state index contributed by atoms with van der Waals surface area (Å²) in [6.45, 7) is 2.75. The lowest BCUT2D eigenvalue weighted by atomic mass is 10.1. The number of aliphatic carboxylic acids is 1. The van der Waals surface area contributed by atoms with Crippen molar-refractivity contribution in [3.63, 3.8) is 0 Å². The summed E-state index contributed by atoms with van der Waals surface area (Å²) in [5.74, 6) is -1.11. The summed E-state index contributed by atoms with van der Waals surface area (Å²) in [5.41, 5.74) is 0.963. The van der Waals surface area contributed by atoms with Crippen LogP contribution in [0.25, 0.3) is 0 Å². The van der Waals surface area contributed by atoms with Gasteiger partial charge < -0.3 is 5.11 Å². The summed E-state index contributed by atoms with van der Waals surface area (Å²) in [6, 6.07) is 9.60. The third-order valence-electron chi connectivity index (χ3n) is 4.21. The van der Waals surface area contributed by atoms with Gasteiger partial charge in [0.25, 0.3) is 5.91 Å². The maximum Gasteiger partial charge on any atom is 0.303 e. The molecule has 1 amide bonds. The number of allylic oxidation sites excluding steroid dienone is 1. The van der Waals surface area contributed by atoms with Crippen molar-refractivity contribution in [3.05, 3.63) is 48.0 Å². The van der Waals surface area contributed by atoms with Crippen LogP contribution < -0.4 is 0 Å². The number of rotatable bonds is 15.